The highest BCUT2D eigenvalue weighted by Crippen LogP contribution is 2.20. The number of ether oxygens (including phenoxy) is 1. The first-order valence-electron chi connectivity index (χ1n) is 8.87. The van der Waals surface area contributed by atoms with Gasteiger partial charge in [-0.05, 0) is 57.3 Å². The largest absolute Gasteiger partial charge is 0.493 e. The number of para-hydroxylation sites is 1. The number of nitrogens with one attached hydrogen (secondary N) is 1. The molecule has 1 heterocycles. The molecule has 0 saturated carbocycles. The second kappa shape index (κ2) is 9.56. The molecular formula is C19H30N2O2. The van der Waals surface area contributed by atoms with E-state index in [1.807, 2.05) is 18.2 Å². The molecule has 4 nitrogen and oxygen atoms in total. The average molecular weight is 318 g/mol. The van der Waals surface area contributed by atoms with E-state index in [0.29, 0.717) is 0 Å². The maximum Gasteiger partial charge on any atom is 0.224 e. The number of rotatable bonds is 8. The molecule has 1 saturated heterocycles. The fourth-order valence-electron chi connectivity index (χ4n) is 3.08. The maximum absolute atomic E-state index is 12.2. The summed E-state index contributed by atoms with van der Waals surface area (Å²) in [6.07, 6.45) is 5.03. The summed E-state index contributed by atoms with van der Waals surface area (Å²) in [4.78, 5) is 14.4. The Kier molecular flexibility index (Phi) is 7.40. The zero-order chi connectivity index (χ0) is 16.5. The number of carbonyl (C=O) groups is 1. The molecular weight excluding hydrogens is 288 g/mol. The number of hydrogen-bond donors (Lipinski definition) is 1. The van der Waals surface area contributed by atoms with E-state index in [9.17, 15) is 4.79 Å². The van der Waals surface area contributed by atoms with E-state index >= 15 is 0 Å². The minimum Gasteiger partial charge on any atom is -0.493 e. The molecule has 1 fully saturated rings. The van der Waals surface area contributed by atoms with Crippen LogP contribution in [-0.2, 0) is 11.2 Å². The van der Waals surface area contributed by atoms with Gasteiger partial charge in [0.05, 0.1) is 12.5 Å². The van der Waals surface area contributed by atoms with Crippen LogP contribution in [0.25, 0.3) is 0 Å². The Hall–Kier alpha value is -1.55. The fraction of sp³-hybridized carbons (Fsp3) is 0.632. The number of aryl methyl sites for hydroxylation is 1. The number of carbonyl (C=O) groups excluding carboxylic acids is 1. The van der Waals surface area contributed by atoms with Gasteiger partial charge >= 0.3 is 0 Å². The Labute approximate surface area is 140 Å². The summed E-state index contributed by atoms with van der Waals surface area (Å²) >= 11 is 0. The molecule has 0 aliphatic carbocycles. The topological polar surface area (TPSA) is 41.6 Å². The lowest BCUT2D eigenvalue weighted by Gasteiger charge is -2.28. The van der Waals surface area contributed by atoms with Crippen molar-refractivity contribution in [3.63, 3.8) is 0 Å². The number of hydrogen-bond acceptors (Lipinski definition) is 3. The molecule has 0 spiro atoms. The lowest BCUT2D eigenvalue weighted by atomic mass is 9.97. The smallest absolute Gasteiger partial charge is 0.224 e. The molecule has 0 aromatic heterocycles. The van der Waals surface area contributed by atoms with Gasteiger partial charge in [-0.15, -0.1) is 0 Å². The highest BCUT2D eigenvalue weighted by Gasteiger charge is 2.23. The van der Waals surface area contributed by atoms with Crippen molar-refractivity contribution in [1.29, 1.82) is 0 Å². The number of nitrogens with zero attached hydrogens (tertiary/aromatic N) is 1. The molecule has 1 atom stereocenters. The first-order valence-corrected chi connectivity index (χ1v) is 8.87. The van der Waals surface area contributed by atoms with Crippen LogP contribution < -0.4 is 10.1 Å². The van der Waals surface area contributed by atoms with Crippen LogP contribution in [0.15, 0.2) is 24.3 Å². The molecule has 4 heteroatoms. The molecule has 1 aromatic carbocycles. The van der Waals surface area contributed by atoms with E-state index < -0.39 is 0 Å². The first kappa shape index (κ1) is 17.8. The van der Waals surface area contributed by atoms with Gasteiger partial charge in [-0.3, -0.25) is 4.79 Å². The van der Waals surface area contributed by atoms with Crippen LogP contribution in [0.5, 0.6) is 5.75 Å². The van der Waals surface area contributed by atoms with Crippen LogP contribution in [0.4, 0.5) is 0 Å². The Balaban J connectivity index is 1.72. The molecule has 1 unspecified atom stereocenters. The predicted octanol–water partition coefficient (Wildman–Crippen LogP) is 2.87. The van der Waals surface area contributed by atoms with Gasteiger partial charge in [0.25, 0.3) is 0 Å². The van der Waals surface area contributed by atoms with Crippen molar-refractivity contribution >= 4 is 5.91 Å². The summed E-state index contributed by atoms with van der Waals surface area (Å²) in [6, 6.07) is 8.20. The monoisotopic (exact) mass is 318 g/mol. The third-order valence-corrected chi connectivity index (χ3v) is 4.35. The van der Waals surface area contributed by atoms with Gasteiger partial charge < -0.3 is 15.0 Å². The lowest BCUT2D eigenvalue weighted by Crippen LogP contribution is -2.41. The molecule has 1 N–H and O–H groups in total. The molecule has 1 aliphatic heterocycles. The summed E-state index contributed by atoms with van der Waals surface area (Å²) in [6.45, 7) is 5.60. The van der Waals surface area contributed by atoms with Gasteiger partial charge in [0.1, 0.15) is 5.75 Å². The average Bonchev–Trinajstić information content (AvgIpc) is 2.57. The molecule has 0 radical (unpaired) electrons. The molecule has 1 amide bonds. The van der Waals surface area contributed by atoms with E-state index in [2.05, 4.69) is 30.3 Å². The van der Waals surface area contributed by atoms with Crippen molar-refractivity contribution in [2.45, 2.75) is 39.0 Å². The van der Waals surface area contributed by atoms with Crippen molar-refractivity contribution < 1.29 is 9.53 Å². The lowest BCUT2D eigenvalue weighted by molar-refractivity contribution is -0.126. The minimum absolute atomic E-state index is 0.161. The summed E-state index contributed by atoms with van der Waals surface area (Å²) in [5, 5.41) is 3.10. The van der Waals surface area contributed by atoms with Crippen LogP contribution in [0.2, 0.25) is 0 Å². The molecule has 1 aliphatic rings. The van der Waals surface area contributed by atoms with Gasteiger partial charge in [0, 0.05) is 13.1 Å². The second-order valence-corrected chi connectivity index (χ2v) is 6.45. The van der Waals surface area contributed by atoms with Gasteiger partial charge in [0.15, 0.2) is 0 Å². The summed E-state index contributed by atoms with van der Waals surface area (Å²) in [5.41, 5.74) is 1.23. The SMILES string of the molecule is CCCOc1ccccc1CCCNC(=O)C1CCCN(C)C1. The van der Waals surface area contributed by atoms with Crippen molar-refractivity contribution in [2.75, 3.05) is 33.3 Å². The molecule has 0 bridgehead atoms. The zero-order valence-corrected chi connectivity index (χ0v) is 14.5. The fourth-order valence-corrected chi connectivity index (χ4v) is 3.08. The van der Waals surface area contributed by atoms with Crippen molar-refractivity contribution in [2.24, 2.45) is 5.92 Å². The van der Waals surface area contributed by atoms with Crippen LogP contribution >= 0.6 is 0 Å². The summed E-state index contributed by atoms with van der Waals surface area (Å²) in [7, 11) is 2.09. The first-order chi connectivity index (χ1) is 11.2. The number of benzene rings is 1. The quantitative estimate of drug-likeness (QED) is 0.749. The Morgan fingerprint density at radius 3 is 3.00 bits per heavy atom. The van der Waals surface area contributed by atoms with Crippen LogP contribution in [0.3, 0.4) is 0 Å². The zero-order valence-electron chi connectivity index (χ0n) is 14.5. The van der Waals surface area contributed by atoms with Gasteiger partial charge in [-0.25, -0.2) is 0 Å². The predicted molar refractivity (Wildman–Crippen MR) is 93.8 cm³/mol. The van der Waals surface area contributed by atoms with Crippen molar-refractivity contribution in [1.82, 2.24) is 10.2 Å². The number of likely N-dealkylation sites (tertiary alicyclic amines) is 1. The van der Waals surface area contributed by atoms with Crippen LogP contribution in [-0.4, -0.2) is 44.1 Å². The van der Waals surface area contributed by atoms with E-state index in [1.165, 1.54) is 5.56 Å². The molecule has 1 aromatic rings. The molecule has 2 rings (SSSR count). The standard InChI is InChI=1S/C19H30N2O2/c1-3-14-23-18-11-5-4-8-16(18)9-6-12-20-19(22)17-10-7-13-21(2)15-17/h4-5,8,11,17H,3,6-7,9-10,12-15H2,1-2H3,(H,20,22). The van der Waals surface area contributed by atoms with Crippen molar-refractivity contribution in [3.05, 3.63) is 29.8 Å². The van der Waals surface area contributed by atoms with E-state index in [1.54, 1.807) is 0 Å². The summed E-state index contributed by atoms with van der Waals surface area (Å²) < 4.78 is 5.78. The highest BCUT2D eigenvalue weighted by molar-refractivity contribution is 5.78. The summed E-state index contributed by atoms with van der Waals surface area (Å²) in [5.74, 6) is 1.36. The van der Waals surface area contributed by atoms with Crippen LogP contribution in [0.1, 0.15) is 38.2 Å². The third-order valence-electron chi connectivity index (χ3n) is 4.35. The van der Waals surface area contributed by atoms with Gasteiger partial charge in [-0.2, -0.15) is 0 Å². The van der Waals surface area contributed by atoms with E-state index in [4.69, 9.17) is 4.74 Å². The maximum atomic E-state index is 12.2. The van der Waals surface area contributed by atoms with Gasteiger partial charge in [-0.1, -0.05) is 25.1 Å². The normalized spacial score (nSPS) is 18.6. The van der Waals surface area contributed by atoms with E-state index in [-0.39, 0.29) is 11.8 Å². The van der Waals surface area contributed by atoms with E-state index in [0.717, 1.165) is 64.1 Å². The minimum atomic E-state index is 0.161. The third kappa shape index (κ3) is 5.87. The second-order valence-electron chi connectivity index (χ2n) is 6.45. The molecule has 23 heavy (non-hydrogen) atoms. The number of piperidine rings is 1. The van der Waals surface area contributed by atoms with Crippen molar-refractivity contribution in [3.8, 4) is 5.75 Å². The Morgan fingerprint density at radius 1 is 1.39 bits per heavy atom. The Morgan fingerprint density at radius 2 is 2.22 bits per heavy atom. The van der Waals surface area contributed by atoms with Crippen LogP contribution in [0, 0.1) is 5.92 Å². The molecule has 128 valence electrons. The van der Waals surface area contributed by atoms with Gasteiger partial charge in [0.2, 0.25) is 5.91 Å². The Bertz CT molecular complexity index is 490. The number of amides is 1. The highest BCUT2D eigenvalue weighted by atomic mass is 16.5.